The predicted molar refractivity (Wildman–Crippen MR) is 76.2 cm³/mol. The molecule has 0 aliphatic rings. The lowest BCUT2D eigenvalue weighted by Gasteiger charge is -2.03. The van der Waals surface area contributed by atoms with Crippen LogP contribution in [0.15, 0.2) is 23.6 Å². The van der Waals surface area contributed by atoms with E-state index in [-0.39, 0.29) is 10.6 Å². The quantitative estimate of drug-likeness (QED) is 0.921. The van der Waals surface area contributed by atoms with Gasteiger partial charge in [-0.05, 0) is 19.1 Å². The number of carbonyl (C=O) groups is 1. The summed E-state index contributed by atoms with van der Waals surface area (Å²) in [6.45, 7) is 2.37. The molecule has 0 spiro atoms. The number of amides is 1. The van der Waals surface area contributed by atoms with Crippen LogP contribution in [0.4, 0.5) is 13.6 Å². The minimum Gasteiger partial charge on any atom is -0.450 e. The molecule has 2 rings (SSSR count). The summed E-state index contributed by atoms with van der Waals surface area (Å²) < 4.78 is 32.0. The van der Waals surface area contributed by atoms with Gasteiger partial charge in [0.25, 0.3) is 0 Å². The first-order chi connectivity index (χ1) is 10.1. The van der Waals surface area contributed by atoms with Crippen molar-refractivity contribution < 1.29 is 18.3 Å². The predicted octanol–water partition coefficient (Wildman–Crippen LogP) is 3.38. The molecule has 4 nitrogen and oxygen atoms in total. The second-order valence-corrected chi connectivity index (χ2v) is 5.00. The highest BCUT2D eigenvalue weighted by atomic mass is 32.1. The monoisotopic (exact) mass is 312 g/mol. The van der Waals surface area contributed by atoms with Crippen LogP contribution in [0, 0.1) is 11.6 Å². The van der Waals surface area contributed by atoms with E-state index in [2.05, 4.69) is 10.3 Å². The van der Waals surface area contributed by atoms with E-state index in [0.717, 1.165) is 0 Å². The minimum absolute atomic E-state index is 0.118. The Bertz CT molecular complexity index is 611. The van der Waals surface area contributed by atoms with Crippen molar-refractivity contribution in [3.05, 3.63) is 40.9 Å². The molecule has 21 heavy (non-hydrogen) atoms. The summed E-state index contributed by atoms with van der Waals surface area (Å²) in [5.41, 5.74) is 0.543. The molecule has 0 bridgehead atoms. The van der Waals surface area contributed by atoms with E-state index in [9.17, 15) is 13.6 Å². The molecule has 0 unspecified atom stereocenters. The lowest BCUT2D eigenvalue weighted by Crippen LogP contribution is -2.26. The average Bonchev–Trinajstić information content (AvgIpc) is 2.87. The van der Waals surface area contributed by atoms with Crippen LogP contribution >= 0.6 is 11.3 Å². The average molecular weight is 312 g/mol. The molecule has 1 aromatic heterocycles. The molecule has 1 aromatic carbocycles. The molecule has 1 heterocycles. The van der Waals surface area contributed by atoms with Gasteiger partial charge in [0.1, 0.15) is 16.6 Å². The zero-order chi connectivity index (χ0) is 15.2. The maximum atomic E-state index is 13.6. The van der Waals surface area contributed by atoms with Gasteiger partial charge in [0, 0.05) is 18.3 Å². The summed E-state index contributed by atoms with van der Waals surface area (Å²) in [6.07, 6.45) is -0.0288. The summed E-state index contributed by atoms with van der Waals surface area (Å²) >= 11 is 1.17. The summed E-state index contributed by atoms with van der Waals surface area (Å²) in [5, 5.41) is 4.56. The normalized spacial score (nSPS) is 10.4. The van der Waals surface area contributed by atoms with Crippen molar-refractivity contribution in [2.24, 2.45) is 0 Å². The molecular weight excluding hydrogens is 298 g/mol. The third-order valence-corrected chi connectivity index (χ3v) is 3.56. The van der Waals surface area contributed by atoms with Gasteiger partial charge in [-0.15, -0.1) is 11.3 Å². The second-order valence-electron chi connectivity index (χ2n) is 4.14. The molecule has 0 atom stereocenters. The minimum atomic E-state index is -0.638. The molecule has 0 fully saturated rings. The van der Waals surface area contributed by atoms with Crippen LogP contribution in [-0.4, -0.2) is 24.2 Å². The standard InChI is InChI=1S/C14H14F2N2O2S/c1-2-20-14(19)17-7-6-9-8-21-13(18-9)12-10(15)4-3-5-11(12)16/h3-5,8H,2,6-7H2,1H3,(H,17,19). The third kappa shape index (κ3) is 3.98. The number of ether oxygens (including phenoxy) is 1. The third-order valence-electron chi connectivity index (χ3n) is 2.65. The Morgan fingerprint density at radius 1 is 1.38 bits per heavy atom. The lowest BCUT2D eigenvalue weighted by molar-refractivity contribution is 0.152. The molecule has 0 radical (unpaired) electrons. The maximum Gasteiger partial charge on any atom is 0.407 e. The number of rotatable bonds is 5. The molecule has 1 N–H and O–H groups in total. The zero-order valence-electron chi connectivity index (χ0n) is 11.4. The molecule has 112 valence electrons. The number of carbonyl (C=O) groups excluding carboxylic acids is 1. The SMILES string of the molecule is CCOC(=O)NCCc1csc(-c2c(F)cccc2F)n1. The van der Waals surface area contributed by atoms with E-state index in [1.807, 2.05) is 0 Å². The van der Waals surface area contributed by atoms with Crippen molar-refractivity contribution in [1.29, 1.82) is 0 Å². The molecule has 7 heteroatoms. The van der Waals surface area contributed by atoms with Crippen molar-refractivity contribution in [3.8, 4) is 10.6 Å². The Morgan fingerprint density at radius 2 is 2.10 bits per heavy atom. The second kappa shape index (κ2) is 7.12. The fourth-order valence-electron chi connectivity index (χ4n) is 1.71. The van der Waals surface area contributed by atoms with Crippen molar-refractivity contribution >= 4 is 17.4 Å². The highest BCUT2D eigenvalue weighted by molar-refractivity contribution is 7.13. The number of benzene rings is 1. The highest BCUT2D eigenvalue weighted by Gasteiger charge is 2.14. The molecule has 2 aromatic rings. The Balaban J connectivity index is 2.00. The van der Waals surface area contributed by atoms with Gasteiger partial charge in [0.05, 0.1) is 17.9 Å². The van der Waals surface area contributed by atoms with Crippen molar-refractivity contribution in [2.45, 2.75) is 13.3 Å². The zero-order valence-corrected chi connectivity index (χ0v) is 12.2. The Kier molecular flexibility index (Phi) is 5.21. The Morgan fingerprint density at radius 3 is 2.76 bits per heavy atom. The number of aromatic nitrogens is 1. The topological polar surface area (TPSA) is 51.2 Å². The largest absolute Gasteiger partial charge is 0.450 e. The van der Waals surface area contributed by atoms with Crippen LogP contribution in [0.2, 0.25) is 0 Å². The summed E-state index contributed by atoms with van der Waals surface area (Å²) in [7, 11) is 0. The van der Waals surface area contributed by atoms with E-state index < -0.39 is 17.7 Å². The molecule has 0 saturated carbocycles. The van der Waals surface area contributed by atoms with Crippen molar-refractivity contribution in [2.75, 3.05) is 13.2 Å². The smallest absolute Gasteiger partial charge is 0.407 e. The summed E-state index contributed by atoms with van der Waals surface area (Å²) in [5.74, 6) is -1.28. The maximum absolute atomic E-state index is 13.6. The number of hydrogen-bond acceptors (Lipinski definition) is 4. The highest BCUT2D eigenvalue weighted by Crippen LogP contribution is 2.28. The van der Waals surface area contributed by atoms with E-state index in [4.69, 9.17) is 4.74 Å². The Hall–Kier alpha value is -2.02. The van der Waals surface area contributed by atoms with Crippen LogP contribution < -0.4 is 5.32 Å². The van der Waals surface area contributed by atoms with Gasteiger partial charge < -0.3 is 10.1 Å². The summed E-state index contributed by atoms with van der Waals surface area (Å²) in [4.78, 5) is 15.3. The number of halogens is 2. The van der Waals surface area contributed by atoms with Crippen LogP contribution in [0.5, 0.6) is 0 Å². The fraction of sp³-hybridized carbons (Fsp3) is 0.286. The number of thiazole rings is 1. The first kappa shape index (κ1) is 15.4. The Labute approximate surface area is 124 Å². The first-order valence-electron chi connectivity index (χ1n) is 6.41. The molecule has 0 saturated heterocycles. The van der Waals surface area contributed by atoms with Gasteiger partial charge >= 0.3 is 6.09 Å². The molecular formula is C14H14F2N2O2S. The fourth-order valence-corrected chi connectivity index (χ4v) is 2.61. The molecule has 1 amide bonds. The first-order valence-corrected chi connectivity index (χ1v) is 7.29. The number of alkyl carbamates (subject to hydrolysis) is 1. The van der Waals surface area contributed by atoms with Crippen LogP contribution in [0.25, 0.3) is 10.6 Å². The number of hydrogen-bond donors (Lipinski definition) is 1. The van der Waals surface area contributed by atoms with Gasteiger partial charge in [-0.2, -0.15) is 0 Å². The van der Waals surface area contributed by atoms with Gasteiger partial charge in [0.15, 0.2) is 0 Å². The lowest BCUT2D eigenvalue weighted by atomic mass is 10.2. The van der Waals surface area contributed by atoms with E-state index in [1.165, 1.54) is 29.5 Å². The molecule has 0 aliphatic heterocycles. The van der Waals surface area contributed by atoms with E-state index in [1.54, 1.807) is 12.3 Å². The summed E-state index contributed by atoms with van der Waals surface area (Å²) in [6, 6.07) is 3.70. The van der Waals surface area contributed by atoms with Gasteiger partial charge in [0.2, 0.25) is 0 Å². The van der Waals surface area contributed by atoms with Gasteiger partial charge in [-0.3, -0.25) is 0 Å². The molecule has 0 aliphatic carbocycles. The van der Waals surface area contributed by atoms with Crippen LogP contribution in [0.1, 0.15) is 12.6 Å². The van der Waals surface area contributed by atoms with E-state index in [0.29, 0.717) is 25.3 Å². The van der Waals surface area contributed by atoms with Crippen molar-refractivity contribution in [1.82, 2.24) is 10.3 Å². The number of nitrogens with one attached hydrogen (secondary N) is 1. The van der Waals surface area contributed by atoms with E-state index >= 15 is 0 Å². The van der Waals surface area contributed by atoms with Crippen LogP contribution in [0.3, 0.4) is 0 Å². The number of nitrogens with zero attached hydrogens (tertiary/aromatic N) is 1. The van der Waals surface area contributed by atoms with Gasteiger partial charge in [-0.25, -0.2) is 18.6 Å². The van der Waals surface area contributed by atoms with Crippen molar-refractivity contribution in [3.63, 3.8) is 0 Å². The van der Waals surface area contributed by atoms with Gasteiger partial charge in [-0.1, -0.05) is 6.07 Å². The van der Waals surface area contributed by atoms with Crippen LogP contribution in [-0.2, 0) is 11.2 Å².